The normalized spacial score (nSPS) is 14.0. The molecule has 510 valence electrons. The molecule has 96 heavy (non-hydrogen) atoms. The van der Waals surface area contributed by atoms with E-state index < -0.39 is 9.84 Å². The van der Waals surface area contributed by atoms with Crippen molar-refractivity contribution in [1.29, 1.82) is 0 Å². The maximum Gasteiger partial charge on any atom is 0.200 e. The van der Waals surface area contributed by atoms with E-state index in [2.05, 4.69) is 292 Å². The third-order valence-electron chi connectivity index (χ3n) is 17.7. The second-order valence-corrected chi connectivity index (χ2v) is 36.1. The first-order valence-corrected chi connectivity index (χ1v) is 36.4. The molecule has 3 aliphatic rings. The van der Waals surface area contributed by atoms with Crippen molar-refractivity contribution in [3.8, 4) is 5.75 Å². The van der Waals surface area contributed by atoms with Crippen LogP contribution in [0.15, 0.2) is 144 Å². The standard InChI is InChI=1S/C13H18N2.C13H18.C12H15NS.C12H14O2S.C12H16O.C11H14N2.C10H13N3/c1-8-6-10-11(7-9(8)2)15-12(14-10)13(3,4)5;1-13(2,3)12-9-5-7-10-6-4-8-11(10)12;1-8-13-10-7-9(12(2,3)4)5-6-11(10)14-8;1-12(2,3)10-5-4-9-6-7-15(13,14)11(9)8-10;1-12(2,3)10-4-5-11-9(8-10)6-7-13-11;1-11(2,3)8-4-5-9-10(6-8)13-7-12-9;1-10(2,3)8-5-4-6-13-9(8)11-7-12-13/h6-7H,1-5H3,(H,14,15);5,7,9H,4,6,8H2,1-3H3;5-7H,1-4H3;4-8H,1-3H3;4-5,8H,6-7H2,1-3H3;4-7H,1-3H3,(H,12,13);4-7H,1-3H3. The lowest BCUT2D eigenvalue weighted by molar-refractivity contribution is 0.356. The quantitative estimate of drug-likeness (QED) is 0.153. The molecule has 0 saturated heterocycles. The number of H-pyrrole nitrogens is 2. The molecule has 0 bridgehead atoms. The van der Waals surface area contributed by atoms with E-state index in [1.54, 1.807) is 57.3 Å². The Morgan fingerprint density at radius 3 is 1.78 bits per heavy atom. The maximum atomic E-state index is 11.6. The number of fused-ring (bicyclic) bond motifs is 7. The molecule has 0 saturated carbocycles. The van der Waals surface area contributed by atoms with Crippen LogP contribution >= 0.6 is 11.3 Å². The van der Waals surface area contributed by atoms with E-state index in [0.717, 1.165) is 74.0 Å². The lowest BCUT2D eigenvalue weighted by atomic mass is 9.83. The Morgan fingerprint density at radius 1 is 0.521 bits per heavy atom. The summed E-state index contributed by atoms with van der Waals surface area (Å²) in [5.74, 6) is 2.13. The molecule has 7 heterocycles. The average molecular weight is 1330 g/mol. The number of aromatic amines is 2. The highest BCUT2D eigenvalue weighted by Crippen LogP contribution is 2.36. The van der Waals surface area contributed by atoms with E-state index in [4.69, 9.17) is 4.74 Å². The number of ether oxygens (including phenoxy) is 1. The van der Waals surface area contributed by atoms with Crippen molar-refractivity contribution in [2.24, 2.45) is 0 Å². The van der Waals surface area contributed by atoms with Crippen LogP contribution in [0.25, 0.3) is 44.0 Å². The molecule has 0 spiro atoms. The van der Waals surface area contributed by atoms with Crippen molar-refractivity contribution in [3.63, 3.8) is 0 Å². The Bertz CT molecular complexity index is 4600. The van der Waals surface area contributed by atoms with E-state index in [1.807, 2.05) is 24.4 Å². The minimum absolute atomic E-state index is 0.0207. The van der Waals surface area contributed by atoms with Crippen LogP contribution in [0, 0.1) is 20.8 Å². The molecule has 11 aromatic rings. The van der Waals surface area contributed by atoms with Gasteiger partial charge in [-0.15, -0.1) is 11.3 Å². The van der Waals surface area contributed by atoms with Gasteiger partial charge in [0.2, 0.25) is 0 Å². The number of rotatable bonds is 0. The lowest BCUT2D eigenvalue weighted by Crippen LogP contribution is -2.13. The summed E-state index contributed by atoms with van der Waals surface area (Å²) in [7, 11) is -3.17. The van der Waals surface area contributed by atoms with Crippen molar-refractivity contribution < 1.29 is 13.2 Å². The summed E-state index contributed by atoms with van der Waals surface area (Å²) < 4.78 is 31.9. The number of aromatic nitrogens is 8. The van der Waals surface area contributed by atoms with Crippen LogP contribution in [-0.4, -0.2) is 54.5 Å². The molecule has 0 fully saturated rings. The number of thiazole rings is 1. The number of pyridine rings is 1. The summed E-state index contributed by atoms with van der Waals surface area (Å²) >= 11 is 1.76. The second kappa shape index (κ2) is 28.8. The molecule has 5 aromatic heterocycles. The number of sulfone groups is 1. The van der Waals surface area contributed by atoms with Gasteiger partial charge in [-0.25, -0.2) is 32.9 Å². The summed E-state index contributed by atoms with van der Waals surface area (Å²) in [6.07, 6.45) is 11.9. The molecular weight excluding hydrogens is 1220 g/mol. The molecule has 2 N–H and O–H groups in total. The first-order valence-electron chi connectivity index (χ1n) is 34.0. The van der Waals surface area contributed by atoms with Crippen molar-refractivity contribution in [3.05, 3.63) is 217 Å². The number of hydrogen-bond donors (Lipinski definition) is 2. The Kier molecular flexibility index (Phi) is 22.2. The lowest BCUT2D eigenvalue weighted by Gasteiger charge is -2.22. The second-order valence-electron chi connectivity index (χ2n) is 33.1. The zero-order valence-corrected chi connectivity index (χ0v) is 63.7. The molecule has 0 atom stereocenters. The first kappa shape index (κ1) is 74.1. The number of hydrogen-bond acceptors (Lipinski definition) is 9. The third-order valence-corrected chi connectivity index (χ3v) is 20.1. The van der Waals surface area contributed by atoms with Gasteiger partial charge in [0.15, 0.2) is 15.5 Å². The fourth-order valence-corrected chi connectivity index (χ4v) is 13.6. The summed E-state index contributed by atoms with van der Waals surface area (Å²) in [5.41, 5.74) is 23.6. The van der Waals surface area contributed by atoms with E-state index in [0.29, 0.717) is 10.3 Å². The van der Waals surface area contributed by atoms with Gasteiger partial charge in [-0.3, -0.25) is 0 Å². The molecule has 0 radical (unpaired) electrons. The van der Waals surface area contributed by atoms with Gasteiger partial charge in [0.05, 0.1) is 55.1 Å². The van der Waals surface area contributed by atoms with E-state index in [1.165, 1.54) is 68.3 Å². The van der Waals surface area contributed by atoms with Crippen molar-refractivity contribution in [1.82, 2.24) is 39.5 Å². The predicted molar refractivity (Wildman–Crippen MR) is 407 cm³/mol. The number of benzene rings is 6. The van der Waals surface area contributed by atoms with Gasteiger partial charge in [0, 0.05) is 29.0 Å². The van der Waals surface area contributed by atoms with E-state index >= 15 is 0 Å². The summed E-state index contributed by atoms with van der Waals surface area (Å²) in [5, 5.41) is 6.51. The van der Waals surface area contributed by atoms with Crippen LogP contribution in [0.4, 0.5) is 0 Å². The zero-order valence-electron chi connectivity index (χ0n) is 62.1. The average Bonchev–Trinajstić information content (AvgIpc) is 1.63. The minimum atomic E-state index is -3.17. The Balaban J connectivity index is 0.000000143. The summed E-state index contributed by atoms with van der Waals surface area (Å²) in [6.45, 7) is 53.4. The van der Waals surface area contributed by atoms with Gasteiger partial charge in [-0.1, -0.05) is 206 Å². The monoisotopic (exact) mass is 1330 g/mol. The van der Waals surface area contributed by atoms with E-state index in [-0.39, 0.29) is 32.5 Å². The van der Waals surface area contributed by atoms with Gasteiger partial charge < -0.3 is 14.7 Å². The highest BCUT2D eigenvalue weighted by atomic mass is 32.2. The number of nitrogens with zero attached hydrogens (tertiary/aromatic N) is 6. The van der Waals surface area contributed by atoms with Crippen LogP contribution in [0.2, 0.25) is 0 Å². The van der Waals surface area contributed by atoms with Crippen LogP contribution in [0.3, 0.4) is 0 Å². The van der Waals surface area contributed by atoms with E-state index in [9.17, 15) is 8.42 Å². The van der Waals surface area contributed by atoms with Crippen LogP contribution in [0.1, 0.15) is 229 Å². The number of imidazole rings is 2. The van der Waals surface area contributed by atoms with Crippen molar-refractivity contribution in [2.45, 2.75) is 235 Å². The Hall–Kier alpha value is -7.74. The molecule has 2 aliphatic heterocycles. The van der Waals surface area contributed by atoms with Crippen molar-refractivity contribution >= 4 is 65.2 Å². The molecule has 0 amide bonds. The minimum Gasteiger partial charge on any atom is -0.493 e. The maximum absolute atomic E-state index is 11.6. The Morgan fingerprint density at radius 2 is 1.12 bits per heavy atom. The predicted octanol–water partition coefficient (Wildman–Crippen LogP) is 21.4. The molecule has 14 rings (SSSR count). The van der Waals surface area contributed by atoms with Gasteiger partial charge in [-0.05, 0) is 194 Å². The molecule has 1 aliphatic carbocycles. The highest BCUT2D eigenvalue weighted by molar-refractivity contribution is 7.94. The fraction of sp³-hybridized carbons (Fsp3) is 0.434. The SMILES string of the molecule is CC(C)(C)c1ccc2c(c1)CCO2.CC(C)(C)c1ccc2c(c1)S(=O)(=O)C=C2.CC(C)(C)c1ccc2nc[nH]c2c1.CC(C)(C)c1cccc2c1CCC2.CC(C)(C)c1cccn2ncnc12.Cc1cc2nc(C(C)(C)C)[nH]c2cc1C.Cc1nc2cc(C(C)(C)C)ccc2s1. The van der Waals surface area contributed by atoms with Gasteiger partial charge >= 0.3 is 0 Å². The molecule has 13 heteroatoms. The van der Waals surface area contributed by atoms with Gasteiger partial charge in [-0.2, -0.15) is 5.10 Å². The zero-order chi connectivity index (χ0) is 70.7. The highest BCUT2D eigenvalue weighted by Gasteiger charge is 2.26. The van der Waals surface area contributed by atoms with Crippen LogP contribution < -0.4 is 4.74 Å². The Labute approximate surface area is 578 Å². The fourth-order valence-electron chi connectivity index (χ4n) is 11.6. The topological polar surface area (TPSA) is 144 Å². The smallest absolute Gasteiger partial charge is 0.200 e. The van der Waals surface area contributed by atoms with Gasteiger partial charge in [0.1, 0.15) is 17.9 Å². The molecule has 11 nitrogen and oxygen atoms in total. The molecular formula is C83H108N8O3S2. The van der Waals surface area contributed by atoms with Gasteiger partial charge in [0.25, 0.3) is 0 Å². The number of aryl methyl sites for hydroxylation is 4. The third kappa shape index (κ3) is 18.9. The van der Waals surface area contributed by atoms with Crippen molar-refractivity contribution in [2.75, 3.05) is 6.61 Å². The number of nitrogens with one attached hydrogen (secondary N) is 2. The summed E-state index contributed by atoms with van der Waals surface area (Å²) in [4.78, 5) is 24.5. The molecule has 6 aromatic carbocycles. The largest absolute Gasteiger partial charge is 0.493 e. The summed E-state index contributed by atoms with van der Waals surface area (Å²) in [6, 6.07) is 40.4. The van der Waals surface area contributed by atoms with Crippen LogP contribution in [0.5, 0.6) is 5.75 Å². The molecule has 0 unspecified atom stereocenters. The van der Waals surface area contributed by atoms with Crippen LogP contribution in [-0.2, 0) is 67.0 Å². The first-order chi connectivity index (χ1) is 44.5.